The third-order valence-electron chi connectivity index (χ3n) is 3.78. The first-order chi connectivity index (χ1) is 12.7. The quantitative estimate of drug-likeness (QED) is 0.548. The number of rotatable bonds is 4. The summed E-state index contributed by atoms with van der Waals surface area (Å²) in [4.78, 5) is 26.5. The molecule has 7 nitrogen and oxygen atoms in total. The summed E-state index contributed by atoms with van der Waals surface area (Å²) < 4.78 is 10.3. The SMILES string of the molecule is CCOC(=O)c1sc2nc(-c3ccncc3)nc(-c3ccoc3)c2c1N. The minimum atomic E-state index is -0.461. The lowest BCUT2D eigenvalue weighted by molar-refractivity contribution is 0.0533. The van der Waals surface area contributed by atoms with E-state index in [2.05, 4.69) is 15.0 Å². The van der Waals surface area contributed by atoms with Gasteiger partial charge in [0.15, 0.2) is 5.82 Å². The number of pyridine rings is 1. The monoisotopic (exact) mass is 366 g/mol. The molecule has 26 heavy (non-hydrogen) atoms. The predicted octanol–water partition coefficient (Wildman–Crippen LogP) is 3.77. The highest BCUT2D eigenvalue weighted by atomic mass is 32.1. The number of anilines is 1. The zero-order valence-corrected chi connectivity index (χ0v) is 14.6. The summed E-state index contributed by atoms with van der Waals surface area (Å²) >= 11 is 1.20. The Hall–Kier alpha value is -3.26. The molecule has 0 aliphatic heterocycles. The minimum absolute atomic E-state index is 0.273. The molecule has 0 amide bonds. The van der Waals surface area contributed by atoms with Gasteiger partial charge in [-0.3, -0.25) is 4.98 Å². The fourth-order valence-corrected chi connectivity index (χ4v) is 3.60. The van der Waals surface area contributed by atoms with E-state index < -0.39 is 5.97 Å². The Morgan fingerprint density at radius 3 is 2.73 bits per heavy atom. The average molecular weight is 366 g/mol. The number of nitrogens with two attached hydrogens (primary N) is 1. The standard InChI is InChI=1S/C18H14N4O3S/c1-2-25-18(23)15-13(19)12-14(11-5-8-24-9-11)21-16(22-17(12)26-15)10-3-6-20-7-4-10/h3-9H,2,19H2,1H3. The van der Waals surface area contributed by atoms with Crippen LogP contribution in [0.15, 0.2) is 47.5 Å². The lowest BCUT2D eigenvalue weighted by Gasteiger charge is -2.05. The molecule has 0 spiro atoms. The fourth-order valence-electron chi connectivity index (χ4n) is 2.61. The Kier molecular flexibility index (Phi) is 4.10. The van der Waals surface area contributed by atoms with Gasteiger partial charge in [0, 0.05) is 23.5 Å². The van der Waals surface area contributed by atoms with E-state index in [0.717, 1.165) is 11.1 Å². The number of carbonyl (C=O) groups excluding carboxylic acids is 1. The topological polar surface area (TPSA) is 104 Å². The highest BCUT2D eigenvalue weighted by Gasteiger charge is 2.23. The van der Waals surface area contributed by atoms with Gasteiger partial charge in [0.25, 0.3) is 0 Å². The second kappa shape index (κ2) is 6.57. The third-order valence-corrected chi connectivity index (χ3v) is 4.86. The Morgan fingerprint density at radius 1 is 1.23 bits per heavy atom. The Morgan fingerprint density at radius 2 is 2.04 bits per heavy atom. The average Bonchev–Trinajstić information content (AvgIpc) is 3.30. The largest absolute Gasteiger partial charge is 0.472 e. The Labute approximate surface area is 152 Å². The summed E-state index contributed by atoms with van der Waals surface area (Å²) in [7, 11) is 0. The summed E-state index contributed by atoms with van der Waals surface area (Å²) in [6.45, 7) is 2.02. The maximum absolute atomic E-state index is 12.2. The summed E-state index contributed by atoms with van der Waals surface area (Å²) in [5, 5.41) is 0.622. The lowest BCUT2D eigenvalue weighted by atomic mass is 10.1. The van der Waals surface area contributed by atoms with E-state index in [0.29, 0.717) is 32.3 Å². The maximum Gasteiger partial charge on any atom is 0.350 e. The third kappa shape index (κ3) is 2.70. The van der Waals surface area contributed by atoms with Gasteiger partial charge in [-0.15, -0.1) is 11.3 Å². The molecular weight excluding hydrogens is 352 g/mol. The van der Waals surface area contributed by atoms with Crippen molar-refractivity contribution < 1.29 is 13.9 Å². The molecule has 4 aromatic heterocycles. The summed E-state index contributed by atoms with van der Waals surface area (Å²) in [6, 6.07) is 5.44. The molecule has 4 rings (SSSR count). The first kappa shape index (κ1) is 16.2. The number of nitrogen functional groups attached to an aromatic ring is 1. The van der Waals surface area contributed by atoms with Crippen molar-refractivity contribution in [1.82, 2.24) is 15.0 Å². The molecule has 0 saturated heterocycles. The molecule has 0 radical (unpaired) electrons. The van der Waals surface area contributed by atoms with Crippen LogP contribution in [-0.4, -0.2) is 27.5 Å². The molecule has 0 aliphatic carbocycles. The van der Waals surface area contributed by atoms with Gasteiger partial charge < -0.3 is 14.9 Å². The molecule has 0 aromatic carbocycles. The second-order valence-electron chi connectivity index (χ2n) is 5.39. The maximum atomic E-state index is 12.2. The van der Waals surface area contributed by atoms with E-state index in [1.165, 1.54) is 11.3 Å². The van der Waals surface area contributed by atoms with Crippen molar-refractivity contribution >= 4 is 33.2 Å². The van der Waals surface area contributed by atoms with E-state index in [9.17, 15) is 4.79 Å². The van der Waals surface area contributed by atoms with Crippen molar-refractivity contribution in [2.75, 3.05) is 12.3 Å². The van der Waals surface area contributed by atoms with Gasteiger partial charge in [0.2, 0.25) is 0 Å². The van der Waals surface area contributed by atoms with Gasteiger partial charge in [-0.05, 0) is 25.1 Å². The van der Waals surface area contributed by atoms with Gasteiger partial charge in [0.1, 0.15) is 9.71 Å². The van der Waals surface area contributed by atoms with Crippen molar-refractivity contribution in [3.8, 4) is 22.6 Å². The smallest absolute Gasteiger partial charge is 0.350 e. The highest BCUT2D eigenvalue weighted by Crippen LogP contribution is 2.39. The number of thiophene rings is 1. The van der Waals surface area contributed by atoms with Crippen LogP contribution in [-0.2, 0) is 4.74 Å². The number of hydrogen-bond donors (Lipinski definition) is 1. The van der Waals surface area contributed by atoms with Crippen LogP contribution in [0, 0.1) is 0 Å². The van der Waals surface area contributed by atoms with E-state index in [1.54, 1.807) is 37.9 Å². The molecule has 4 heterocycles. The van der Waals surface area contributed by atoms with Crippen LogP contribution in [0.4, 0.5) is 5.69 Å². The van der Waals surface area contributed by atoms with Crippen LogP contribution in [0.1, 0.15) is 16.6 Å². The number of fused-ring (bicyclic) bond motifs is 1. The van der Waals surface area contributed by atoms with Gasteiger partial charge in [-0.25, -0.2) is 14.8 Å². The molecular formula is C18H14N4O3S. The predicted molar refractivity (Wildman–Crippen MR) is 98.7 cm³/mol. The molecule has 0 bridgehead atoms. The minimum Gasteiger partial charge on any atom is -0.472 e. The zero-order chi connectivity index (χ0) is 18.1. The summed E-state index contributed by atoms with van der Waals surface area (Å²) in [5.41, 5.74) is 8.76. The molecule has 0 unspecified atom stereocenters. The van der Waals surface area contributed by atoms with Crippen molar-refractivity contribution in [3.05, 3.63) is 48.0 Å². The van der Waals surface area contributed by atoms with Gasteiger partial charge in [-0.1, -0.05) is 0 Å². The number of aromatic nitrogens is 3. The Bertz CT molecular complexity index is 1070. The second-order valence-corrected chi connectivity index (χ2v) is 6.39. The molecule has 0 saturated carbocycles. The normalized spacial score (nSPS) is 11.0. The van der Waals surface area contributed by atoms with Gasteiger partial charge in [-0.2, -0.15) is 0 Å². The van der Waals surface area contributed by atoms with Crippen molar-refractivity contribution in [1.29, 1.82) is 0 Å². The molecule has 0 fully saturated rings. The van der Waals surface area contributed by atoms with Crippen LogP contribution < -0.4 is 5.73 Å². The number of esters is 1. The van der Waals surface area contributed by atoms with Gasteiger partial charge in [0.05, 0.1) is 35.9 Å². The van der Waals surface area contributed by atoms with E-state index in [-0.39, 0.29) is 6.61 Å². The number of hydrogen-bond acceptors (Lipinski definition) is 8. The highest BCUT2D eigenvalue weighted by molar-refractivity contribution is 7.21. The first-order valence-electron chi connectivity index (χ1n) is 7.89. The number of ether oxygens (including phenoxy) is 1. The van der Waals surface area contributed by atoms with E-state index in [4.69, 9.17) is 14.9 Å². The lowest BCUT2D eigenvalue weighted by Crippen LogP contribution is -2.05. The molecule has 0 atom stereocenters. The summed E-state index contributed by atoms with van der Waals surface area (Å²) in [5.74, 6) is 0.0596. The molecule has 0 aliphatic rings. The van der Waals surface area contributed by atoms with Crippen LogP contribution in [0.25, 0.3) is 32.9 Å². The number of carbonyl (C=O) groups is 1. The number of nitrogens with zero attached hydrogens (tertiary/aromatic N) is 3. The zero-order valence-electron chi connectivity index (χ0n) is 13.8. The van der Waals surface area contributed by atoms with Crippen molar-refractivity contribution in [2.24, 2.45) is 0 Å². The number of furan rings is 1. The van der Waals surface area contributed by atoms with Gasteiger partial charge >= 0.3 is 5.97 Å². The molecule has 2 N–H and O–H groups in total. The van der Waals surface area contributed by atoms with Crippen molar-refractivity contribution in [3.63, 3.8) is 0 Å². The molecule has 130 valence electrons. The van der Waals surface area contributed by atoms with E-state index >= 15 is 0 Å². The molecule has 8 heteroatoms. The van der Waals surface area contributed by atoms with Crippen LogP contribution in [0.5, 0.6) is 0 Å². The van der Waals surface area contributed by atoms with Crippen molar-refractivity contribution in [2.45, 2.75) is 6.92 Å². The first-order valence-corrected chi connectivity index (χ1v) is 8.70. The molecule has 4 aromatic rings. The van der Waals surface area contributed by atoms with Crippen LogP contribution in [0.3, 0.4) is 0 Å². The van der Waals surface area contributed by atoms with Crippen LogP contribution in [0.2, 0.25) is 0 Å². The van der Waals surface area contributed by atoms with Crippen LogP contribution >= 0.6 is 11.3 Å². The fraction of sp³-hybridized carbons (Fsp3) is 0.111. The summed E-state index contributed by atoms with van der Waals surface area (Å²) in [6.07, 6.45) is 6.49. The van der Waals surface area contributed by atoms with E-state index in [1.807, 2.05) is 12.1 Å². The Balaban J connectivity index is 1.99.